The number of amides is 1. The zero-order chi connectivity index (χ0) is 26.4. The highest BCUT2D eigenvalue weighted by Crippen LogP contribution is 2.28. The van der Waals surface area contributed by atoms with Crippen molar-refractivity contribution in [1.29, 1.82) is 0 Å². The van der Waals surface area contributed by atoms with Gasteiger partial charge in [0.05, 0.1) is 10.7 Å². The molecule has 4 rings (SSSR count). The first-order valence-corrected chi connectivity index (χ1v) is 12.0. The molecule has 0 aliphatic carbocycles. The number of rotatable bonds is 7. The van der Waals surface area contributed by atoms with E-state index in [-0.39, 0.29) is 16.8 Å². The highest BCUT2D eigenvalue weighted by atomic mass is 35.5. The monoisotopic (exact) mass is 551 g/mol. The van der Waals surface area contributed by atoms with E-state index in [9.17, 15) is 18.0 Å². The lowest BCUT2D eigenvalue weighted by Crippen LogP contribution is -2.46. The van der Waals surface area contributed by atoms with E-state index in [2.05, 4.69) is 29.8 Å². The minimum absolute atomic E-state index is 0.217. The summed E-state index contributed by atoms with van der Waals surface area (Å²) >= 11 is 12.0. The van der Waals surface area contributed by atoms with Crippen LogP contribution in [0.25, 0.3) is 6.08 Å². The van der Waals surface area contributed by atoms with Crippen molar-refractivity contribution in [1.82, 2.24) is 14.9 Å². The zero-order valence-electron chi connectivity index (χ0n) is 19.4. The molecule has 0 bridgehead atoms. The van der Waals surface area contributed by atoms with E-state index < -0.39 is 6.36 Å². The van der Waals surface area contributed by atoms with Crippen molar-refractivity contribution >= 4 is 46.7 Å². The van der Waals surface area contributed by atoms with Crippen molar-refractivity contribution in [2.75, 3.05) is 42.9 Å². The quantitative estimate of drug-likeness (QED) is 0.376. The summed E-state index contributed by atoms with van der Waals surface area (Å²) in [6, 6.07) is 10.4. The number of nitrogens with zero attached hydrogens (tertiary/aromatic N) is 4. The van der Waals surface area contributed by atoms with Crippen LogP contribution in [0.4, 0.5) is 24.7 Å². The van der Waals surface area contributed by atoms with Crippen LogP contribution in [0.3, 0.4) is 0 Å². The van der Waals surface area contributed by atoms with Crippen LogP contribution in [0, 0.1) is 0 Å². The normalized spacial score (nSPS) is 14.7. The summed E-state index contributed by atoms with van der Waals surface area (Å²) in [7, 11) is 0. The van der Waals surface area contributed by atoms with Gasteiger partial charge in [-0.2, -0.15) is 0 Å². The van der Waals surface area contributed by atoms with Crippen LogP contribution in [0.5, 0.6) is 5.75 Å². The standard InChI is InChI=1S/C25H22Cl2F3N5O2/c26-19-15-21(33-24(36)18-7-8-31-22(27)14-18)23(32-16-19)35-12-10-34(11-13-35)9-1-2-17-3-5-20(6-4-17)37-25(28,29)30/h1-8,14-16H,9-13H2,(H,33,36). The number of alkyl halides is 3. The lowest BCUT2D eigenvalue weighted by atomic mass is 10.2. The molecule has 7 nitrogen and oxygen atoms in total. The molecule has 194 valence electrons. The number of carbonyl (C=O) groups excluding carboxylic acids is 1. The number of benzene rings is 1. The third kappa shape index (κ3) is 7.82. The number of halogens is 5. The van der Waals surface area contributed by atoms with Crippen molar-refractivity contribution in [3.63, 3.8) is 0 Å². The Balaban J connectivity index is 1.32. The van der Waals surface area contributed by atoms with Gasteiger partial charge in [-0.05, 0) is 35.9 Å². The third-order valence-corrected chi connectivity index (χ3v) is 5.94. The van der Waals surface area contributed by atoms with Crippen LogP contribution in [0.1, 0.15) is 15.9 Å². The van der Waals surface area contributed by atoms with Gasteiger partial charge in [-0.25, -0.2) is 9.97 Å². The van der Waals surface area contributed by atoms with Gasteiger partial charge in [-0.3, -0.25) is 9.69 Å². The second-order valence-corrected chi connectivity index (χ2v) is 8.98. The Kier molecular flexibility index (Phi) is 8.52. The predicted octanol–water partition coefficient (Wildman–Crippen LogP) is 5.77. The molecule has 2 aromatic heterocycles. The fourth-order valence-electron chi connectivity index (χ4n) is 3.77. The number of hydrogen-bond donors (Lipinski definition) is 1. The van der Waals surface area contributed by atoms with Crippen LogP contribution in [-0.2, 0) is 0 Å². The maximum Gasteiger partial charge on any atom is 0.573 e. The molecular formula is C25H22Cl2F3N5O2. The van der Waals surface area contributed by atoms with E-state index >= 15 is 0 Å². The molecule has 1 N–H and O–H groups in total. The summed E-state index contributed by atoms with van der Waals surface area (Å²) in [5, 5.41) is 3.48. The molecule has 1 saturated heterocycles. The highest BCUT2D eigenvalue weighted by molar-refractivity contribution is 6.31. The SMILES string of the molecule is O=C(Nc1cc(Cl)cnc1N1CCN(CC=Cc2ccc(OC(F)(F)F)cc2)CC1)c1ccnc(Cl)c1. The first-order chi connectivity index (χ1) is 17.7. The van der Waals surface area contributed by atoms with Crippen molar-refractivity contribution in [2.24, 2.45) is 0 Å². The van der Waals surface area contributed by atoms with Crippen molar-refractivity contribution in [3.8, 4) is 5.75 Å². The van der Waals surface area contributed by atoms with Gasteiger partial charge in [0.15, 0.2) is 5.82 Å². The van der Waals surface area contributed by atoms with Gasteiger partial charge in [0.25, 0.3) is 5.91 Å². The Hall–Kier alpha value is -3.34. The van der Waals surface area contributed by atoms with Crippen molar-refractivity contribution in [2.45, 2.75) is 6.36 Å². The molecule has 1 fully saturated rings. The molecule has 0 atom stereocenters. The first kappa shape index (κ1) is 26.7. The molecule has 3 heterocycles. The molecule has 1 amide bonds. The lowest BCUT2D eigenvalue weighted by Gasteiger charge is -2.35. The van der Waals surface area contributed by atoms with Gasteiger partial charge in [0.1, 0.15) is 10.9 Å². The molecule has 0 spiro atoms. The van der Waals surface area contributed by atoms with E-state index in [1.54, 1.807) is 24.3 Å². The van der Waals surface area contributed by atoms with Crippen LogP contribution < -0.4 is 15.0 Å². The van der Waals surface area contributed by atoms with Crippen molar-refractivity contribution < 1.29 is 22.7 Å². The number of hydrogen-bond acceptors (Lipinski definition) is 6. The van der Waals surface area contributed by atoms with Gasteiger partial charge in [-0.15, -0.1) is 13.2 Å². The molecule has 1 aliphatic rings. The largest absolute Gasteiger partial charge is 0.573 e. The van der Waals surface area contributed by atoms with Crippen LogP contribution in [0.2, 0.25) is 10.2 Å². The highest BCUT2D eigenvalue weighted by Gasteiger charge is 2.31. The Labute approximate surface area is 221 Å². The van der Waals surface area contributed by atoms with Gasteiger partial charge in [0, 0.05) is 50.7 Å². The first-order valence-electron chi connectivity index (χ1n) is 11.2. The summed E-state index contributed by atoms with van der Waals surface area (Å²) in [5.74, 6) is 0.0161. The predicted molar refractivity (Wildman–Crippen MR) is 137 cm³/mol. The number of piperazine rings is 1. The Bertz CT molecular complexity index is 1260. The van der Waals surface area contributed by atoms with Gasteiger partial charge in [0.2, 0.25) is 0 Å². The van der Waals surface area contributed by atoms with Gasteiger partial charge < -0.3 is 15.0 Å². The maximum atomic E-state index is 12.7. The fourth-order valence-corrected chi connectivity index (χ4v) is 4.11. The number of pyridine rings is 2. The number of aromatic nitrogens is 2. The van der Waals surface area contributed by atoms with Gasteiger partial charge >= 0.3 is 6.36 Å². The molecule has 1 aromatic carbocycles. The Morgan fingerprint density at radius 2 is 1.78 bits per heavy atom. The minimum Gasteiger partial charge on any atom is -0.406 e. The van der Waals surface area contributed by atoms with E-state index in [0.717, 1.165) is 18.7 Å². The van der Waals surface area contributed by atoms with E-state index in [1.165, 1.54) is 30.6 Å². The van der Waals surface area contributed by atoms with E-state index in [1.807, 2.05) is 12.2 Å². The van der Waals surface area contributed by atoms with Gasteiger partial charge in [-0.1, -0.05) is 47.5 Å². The summed E-state index contributed by atoms with van der Waals surface area (Å²) in [6.45, 7) is 3.53. The van der Waals surface area contributed by atoms with Crippen LogP contribution in [0.15, 0.2) is 60.9 Å². The lowest BCUT2D eigenvalue weighted by molar-refractivity contribution is -0.274. The molecule has 0 unspecified atom stereocenters. The third-order valence-electron chi connectivity index (χ3n) is 5.53. The topological polar surface area (TPSA) is 70.6 Å². The molecule has 37 heavy (non-hydrogen) atoms. The number of carbonyl (C=O) groups is 1. The molecule has 0 saturated carbocycles. The fraction of sp³-hybridized carbons (Fsp3) is 0.240. The smallest absolute Gasteiger partial charge is 0.406 e. The average molecular weight is 552 g/mol. The molecule has 0 radical (unpaired) electrons. The average Bonchev–Trinajstić information content (AvgIpc) is 2.85. The second kappa shape index (κ2) is 11.8. The molecule has 3 aromatic rings. The van der Waals surface area contributed by atoms with E-state index in [4.69, 9.17) is 23.2 Å². The second-order valence-electron chi connectivity index (χ2n) is 8.15. The molecule has 12 heteroatoms. The number of nitrogens with one attached hydrogen (secondary N) is 1. The molecule has 1 aliphatic heterocycles. The summed E-state index contributed by atoms with van der Waals surface area (Å²) in [6.07, 6.45) is 2.10. The maximum absolute atomic E-state index is 12.7. The summed E-state index contributed by atoms with van der Waals surface area (Å²) in [5.41, 5.74) is 1.64. The Morgan fingerprint density at radius 3 is 2.46 bits per heavy atom. The Morgan fingerprint density at radius 1 is 1.05 bits per heavy atom. The summed E-state index contributed by atoms with van der Waals surface area (Å²) < 4.78 is 40.7. The van der Waals surface area contributed by atoms with Crippen LogP contribution in [-0.4, -0.2) is 59.9 Å². The number of anilines is 2. The van der Waals surface area contributed by atoms with E-state index in [0.29, 0.717) is 41.7 Å². The zero-order valence-corrected chi connectivity index (χ0v) is 20.9. The van der Waals surface area contributed by atoms with Crippen molar-refractivity contribution in [3.05, 3.63) is 82.2 Å². The summed E-state index contributed by atoms with van der Waals surface area (Å²) in [4.78, 5) is 25.4. The number of ether oxygens (including phenoxy) is 1. The van der Waals surface area contributed by atoms with Crippen LogP contribution >= 0.6 is 23.2 Å². The minimum atomic E-state index is -4.71. The molecular weight excluding hydrogens is 530 g/mol.